The molecule has 0 saturated heterocycles. The summed E-state index contributed by atoms with van der Waals surface area (Å²) < 4.78 is 1.64. The molecule has 6 heteroatoms. The van der Waals surface area contributed by atoms with Crippen molar-refractivity contribution in [3.8, 4) is 0 Å². The number of aryl methyl sites for hydroxylation is 2. The first-order chi connectivity index (χ1) is 7.66. The monoisotopic (exact) mass is 218 g/mol. The molecular formula is C10H14N6. The van der Waals surface area contributed by atoms with Crippen molar-refractivity contribution in [2.45, 2.75) is 13.5 Å². The Labute approximate surface area is 93.5 Å². The van der Waals surface area contributed by atoms with Crippen LogP contribution in [0.25, 0.3) is 0 Å². The smallest absolute Gasteiger partial charge is 0.149 e. The largest absolute Gasteiger partial charge is 0.384 e. The third-order valence-corrected chi connectivity index (χ3v) is 2.32. The summed E-state index contributed by atoms with van der Waals surface area (Å²) in [5.41, 5.74) is 7.84. The molecule has 2 aromatic rings. The first-order valence-electron chi connectivity index (χ1n) is 4.96. The van der Waals surface area contributed by atoms with Crippen LogP contribution in [0.1, 0.15) is 11.1 Å². The molecule has 0 bridgehead atoms. The van der Waals surface area contributed by atoms with E-state index in [2.05, 4.69) is 20.6 Å². The van der Waals surface area contributed by atoms with Crippen LogP contribution in [0.2, 0.25) is 0 Å². The molecule has 3 N–H and O–H groups in total. The highest BCUT2D eigenvalue weighted by Gasteiger charge is 2.04. The van der Waals surface area contributed by atoms with E-state index in [-0.39, 0.29) is 0 Å². The number of hydrogen-bond acceptors (Lipinski definition) is 5. The fourth-order valence-electron chi connectivity index (χ4n) is 1.36. The number of nitrogens with zero attached hydrogens (tertiary/aromatic N) is 4. The normalized spacial score (nSPS) is 10.4. The maximum absolute atomic E-state index is 5.82. The Kier molecular flexibility index (Phi) is 2.72. The van der Waals surface area contributed by atoms with Gasteiger partial charge in [-0.3, -0.25) is 4.68 Å². The lowest BCUT2D eigenvalue weighted by Crippen LogP contribution is -2.05. The van der Waals surface area contributed by atoms with E-state index in [0.29, 0.717) is 12.4 Å². The lowest BCUT2D eigenvalue weighted by molar-refractivity contribution is 0.778. The number of rotatable bonds is 3. The van der Waals surface area contributed by atoms with Gasteiger partial charge in [0.2, 0.25) is 0 Å². The Bertz CT molecular complexity index is 490. The zero-order valence-corrected chi connectivity index (χ0v) is 9.31. The van der Waals surface area contributed by atoms with Gasteiger partial charge in [0.1, 0.15) is 11.6 Å². The number of nitrogen functional groups attached to an aromatic ring is 1. The summed E-state index contributed by atoms with van der Waals surface area (Å²) in [4.78, 5) is 0. The molecule has 16 heavy (non-hydrogen) atoms. The topological polar surface area (TPSA) is 81.7 Å². The standard InChI is InChI=1S/C10H14N6/c1-7-3-9(15-13-4-7)12-5-8-6-14-16(2)10(8)11/h3-4,6H,5,11H2,1-2H3,(H,12,15). The van der Waals surface area contributed by atoms with Gasteiger partial charge in [-0.1, -0.05) is 0 Å². The van der Waals surface area contributed by atoms with Crippen molar-refractivity contribution in [2.75, 3.05) is 11.1 Å². The van der Waals surface area contributed by atoms with Gasteiger partial charge in [-0.05, 0) is 18.6 Å². The Morgan fingerprint density at radius 2 is 2.25 bits per heavy atom. The minimum absolute atomic E-state index is 0.595. The van der Waals surface area contributed by atoms with Crippen molar-refractivity contribution in [1.82, 2.24) is 20.0 Å². The Hall–Kier alpha value is -2.11. The molecule has 0 aromatic carbocycles. The number of aromatic nitrogens is 4. The highest BCUT2D eigenvalue weighted by atomic mass is 15.3. The third-order valence-electron chi connectivity index (χ3n) is 2.32. The maximum atomic E-state index is 5.82. The van der Waals surface area contributed by atoms with Crippen LogP contribution in [0.5, 0.6) is 0 Å². The van der Waals surface area contributed by atoms with Crippen molar-refractivity contribution in [1.29, 1.82) is 0 Å². The first kappa shape index (κ1) is 10.4. The molecule has 2 heterocycles. The lowest BCUT2D eigenvalue weighted by atomic mass is 10.3. The minimum Gasteiger partial charge on any atom is -0.384 e. The second-order valence-corrected chi connectivity index (χ2v) is 3.65. The maximum Gasteiger partial charge on any atom is 0.149 e. The average Bonchev–Trinajstić information content (AvgIpc) is 2.57. The Balaban J connectivity index is 2.05. The van der Waals surface area contributed by atoms with Crippen molar-refractivity contribution in [3.63, 3.8) is 0 Å². The summed E-state index contributed by atoms with van der Waals surface area (Å²) in [6.45, 7) is 2.57. The van der Waals surface area contributed by atoms with Gasteiger partial charge in [-0.15, -0.1) is 5.10 Å². The Morgan fingerprint density at radius 3 is 2.88 bits per heavy atom. The first-order valence-corrected chi connectivity index (χ1v) is 4.96. The van der Waals surface area contributed by atoms with Gasteiger partial charge in [-0.2, -0.15) is 10.2 Å². The summed E-state index contributed by atoms with van der Waals surface area (Å²) in [6, 6.07) is 1.93. The molecule has 0 saturated carbocycles. The second-order valence-electron chi connectivity index (χ2n) is 3.65. The SMILES string of the molecule is Cc1cnnc(NCc2cnn(C)c2N)c1. The molecule has 0 aliphatic rings. The molecule has 2 rings (SSSR count). The molecule has 6 nitrogen and oxygen atoms in total. The van der Waals surface area contributed by atoms with Gasteiger partial charge in [-0.25, -0.2) is 0 Å². The zero-order valence-electron chi connectivity index (χ0n) is 9.31. The molecule has 0 unspecified atom stereocenters. The predicted octanol–water partition coefficient (Wildman–Crippen LogP) is 0.713. The van der Waals surface area contributed by atoms with Crippen LogP contribution >= 0.6 is 0 Å². The average molecular weight is 218 g/mol. The second kappa shape index (κ2) is 4.18. The summed E-state index contributed by atoms with van der Waals surface area (Å²) in [6.07, 6.45) is 3.45. The fraction of sp³-hybridized carbons (Fsp3) is 0.300. The van der Waals surface area contributed by atoms with Crippen molar-refractivity contribution < 1.29 is 0 Å². The number of nitrogens with two attached hydrogens (primary N) is 1. The quantitative estimate of drug-likeness (QED) is 0.793. The number of anilines is 2. The highest BCUT2D eigenvalue weighted by molar-refractivity contribution is 5.42. The predicted molar refractivity (Wildman–Crippen MR) is 61.7 cm³/mol. The van der Waals surface area contributed by atoms with Gasteiger partial charge in [0.25, 0.3) is 0 Å². The molecule has 0 amide bonds. The van der Waals surface area contributed by atoms with Crippen molar-refractivity contribution in [2.24, 2.45) is 7.05 Å². The van der Waals surface area contributed by atoms with Crippen LogP contribution in [-0.2, 0) is 13.6 Å². The van der Waals surface area contributed by atoms with E-state index in [1.165, 1.54) is 0 Å². The summed E-state index contributed by atoms with van der Waals surface area (Å²) in [5.74, 6) is 1.40. The number of nitrogens with one attached hydrogen (secondary N) is 1. The van der Waals surface area contributed by atoms with Crippen LogP contribution in [0.4, 0.5) is 11.6 Å². The van der Waals surface area contributed by atoms with E-state index in [4.69, 9.17) is 5.73 Å². The van der Waals surface area contributed by atoms with Crippen LogP contribution < -0.4 is 11.1 Å². The van der Waals surface area contributed by atoms with Crippen molar-refractivity contribution >= 4 is 11.6 Å². The van der Waals surface area contributed by atoms with Gasteiger partial charge < -0.3 is 11.1 Å². The molecule has 0 fully saturated rings. The highest BCUT2D eigenvalue weighted by Crippen LogP contribution is 2.11. The third kappa shape index (κ3) is 2.10. The van der Waals surface area contributed by atoms with E-state index >= 15 is 0 Å². The minimum atomic E-state index is 0.595. The number of hydrogen-bond donors (Lipinski definition) is 2. The molecule has 84 valence electrons. The van der Waals surface area contributed by atoms with Gasteiger partial charge in [0.15, 0.2) is 0 Å². The van der Waals surface area contributed by atoms with Crippen LogP contribution in [0.15, 0.2) is 18.5 Å². The molecule has 0 radical (unpaired) electrons. The molecule has 0 atom stereocenters. The Morgan fingerprint density at radius 1 is 1.44 bits per heavy atom. The summed E-state index contributed by atoms with van der Waals surface area (Å²) >= 11 is 0. The molecular weight excluding hydrogens is 204 g/mol. The fourth-order valence-corrected chi connectivity index (χ4v) is 1.36. The van der Waals surface area contributed by atoms with Crippen molar-refractivity contribution in [3.05, 3.63) is 29.6 Å². The van der Waals surface area contributed by atoms with E-state index in [9.17, 15) is 0 Å². The van der Waals surface area contributed by atoms with Crippen LogP contribution in [0.3, 0.4) is 0 Å². The lowest BCUT2D eigenvalue weighted by Gasteiger charge is -2.04. The van der Waals surface area contributed by atoms with E-state index in [0.717, 1.165) is 16.9 Å². The summed E-state index contributed by atoms with van der Waals surface area (Å²) in [7, 11) is 1.81. The summed E-state index contributed by atoms with van der Waals surface area (Å²) in [5, 5.41) is 15.0. The van der Waals surface area contributed by atoms with E-state index < -0.39 is 0 Å². The van der Waals surface area contributed by atoms with Gasteiger partial charge in [0.05, 0.1) is 12.4 Å². The van der Waals surface area contributed by atoms with E-state index in [1.54, 1.807) is 17.1 Å². The molecule has 2 aromatic heterocycles. The molecule has 0 spiro atoms. The van der Waals surface area contributed by atoms with Gasteiger partial charge in [0, 0.05) is 19.2 Å². The molecule has 0 aliphatic carbocycles. The van der Waals surface area contributed by atoms with Crippen LogP contribution in [0, 0.1) is 6.92 Å². The van der Waals surface area contributed by atoms with Gasteiger partial charge >= 0.3 is 0 Å². The van der Waals surface area contributed by atoms with E-state index in [1.807, 2.05) is 20.0 Å². The molecule has 0 aliphatic heterocycles. The zero-order chi connectivity index (χ0) is 11.5. The van der Waals surface area contributed by atoms with Crippen LogP contribution in [-0.4, -0.2) is 20.0 Å².